The predicted octanol–water partition coefficient (Wildman–Crippen LogP) is 2.93. The zero-order chi connectivity index (χ0) is 23.7. The molecule has 12 heteroatoms. The van der Waals surface area contributed by atoms with E-state index in [-0.39, 0.29) is 17.3 Å². The fourth-order valence-corrected chi connectivity index (χ4v) is 5.26. The van der Waals surface area contributed by atoms with Gasteiger partial charge in [-0.1, -0.05) is 0 Å². The molecule has 9 nitrogen and oxygen atoms in total. The highest BCUT2D eigenvalue weighted by Crippen LogP contribution is 2.42. The van der Waals surface area contributed by atoms with Crippen molar-refractivity contribution in [3.05, 3.63) is 29.5 Å². The third-order valence-corrected chi connectivity index (χ3v) is 7.19. The van der Waals surface area contributed by atoms with Gasteiger partial charge in [0, 0.05) is 43.9 Å². The number of aromatic nitrogens is 6. The minimum absolute atomic E-state index is 0.0342. The third-order valence-electron chi connectivity index (χ3n) is 7.19. The maximum Gasteiger partial charge on any atom is 0.433 e. The van der Waals surface area contributed by atoms with Crippen LogP contribution in [0.5, 0.6) is 0 Å². The lowest BCUT2D eigenvalue weighted by molar-refractivity contribution is -0.141. The van der Waals surface area contributed by atoms with Crippen LogP contribution in [-0.4, -0.2) is 69.1 Å². The van der Waals surface area contributed by atoms with Crippen molar-refractivity contribution in [2.75, 3.05) is 49.2 Å². The lowest BCUT2D eigenvalue weighted by atomic mass is 9.86. The minimum Gasteiger partial charge on any atom is -0.377 e. The summed E-state index contributed by atoms with van der Waals surface area (Å²) in [6.45, 7) is 7.59. The molecule has 3 saturated heterocycles. The van der Waals surface area contributed by atoms with Crippen LogP contribution in [0, 0.1) is 19.3 Å². The van der Waals surface area contributed by atoms with E-state index >= 15 is 0 Å². The van der Waals surface area contributed by atoms with E-state index in [2.05, 4.69) is 25.0 Å². The summed E-state index contributed by atoms with van der Waals surface area (Å²) in [6, 6.07) is 1.26. The van der Waals surface area contributed by atoms with E-state index in [1.165, 1.54) is 6.92 Å². The zero-order valence-corrected chi connectivity index (χ0v) is 19.0. The van der Waals surface area contributed by atoms with Crippen LogP contribution < -0.4 is 9.80 Å². The topological polar surface area (TPSA) is 85.1 Å². The van der Waals surface area contributed by atoms with Crippen LogP contribution >= 0.6 is 0 Å². The fourth-order valence-electron chi connectivity index (χ4n) is 5.26. The van der Waals surface area contributed by atoms with E-state index in [1.807, 2.05) is 22.7 Å². The molecule has 0 radical (unpaired) electrons. The molecule has 0 aliphatic carbocycles. The number of aryl methyl sites for hydroxylation is 2. The summed E-state index contributed by atoms with van der Waals surface area (Å²) >= 11 is 0. The Morgan fingerprint density at radius 1 is 1.03 bits per heavy atom. The van der Waals surface area contributed by atoms with Crippen molar-refractivity contribution in [1.82, 2.24) is 29.7 Å². The molecule has 0 bridgehead atoms. The molecule has 34 heavy (non-hydrogen) atoms. The Hall–Kier alpha value is -3.02. The van der Waals surface area contributed by atoms with Crippen molar-refractivity contribution in [2.45, 2.75) is 38.9 Å². The summed E-state index contributed by atoms with van der Waals surface area (Å²) in [6.07, 6.45) is -0.844. The Bertz CT molecular complexity index is 1260. The first-order chi connectivity index (χ1) is 16.2. The number of hydrogen-bond donors (Lipinski definition) is 0. The van der Waals surface area contributed by atoms with Crippen LogP contribution in [0.3, 0.4) is 0 Å². The van der Waals surface area contributed by atoms with E-state index in [1.54, 1.807) is 0 Å². The first-order valence-corrected chi connectivity index (χ1v) is 11.4. The Morgan fingerprint density at radius 2 is 1.76 bits per heavy atom. The predicted molar refractivity (Wildman–Crippen MR) is 118 cm³/mol. The molecular weight excluding hydrogens is 449 g/mol. The number of halogens is 3. The van der Waals surface area contributed by atoms with Gasteiger partial charge in [0.25, 0.3) is 0 Å². The Balaban J connectivity index is 1.22. The summed E-state index contributed by atoms with van der Waals surface area (Å²) in [7, 11) is 0. The molecule has 0 amide bonds. The Morgan fingerprint density at radius 3 is 2.47 bits per heavy atom. The van der Waals surface area contributed by atoms with Gasteiger partial charge in [0.1, 0.15) is 23.4 Å². The van der Waals surface area contributed by atoms with Crippen molar-refractivity contribution in [3.8, 4) is 0 Å². The van der Waals surface area contributed by atoms with E-state index in [0.29, 0.717) is 38.1 Å². The number of hydrogen-bond acceptors (Lipinski definition) is 8. The van der Waals surface area contributed by atoms with E-state index in [4.69, 9.17) is 9.72 Å². The molecule has 3 fully saturated rings. The highest BCUT2D eigenvalue weighted by atomic mass is 19.4. The molecule has 3 aliphatic rings. The summed E-state index contributed by atoms with van der Waals surface area (Å²) in [4.78, 5) is 21.5. The molecule has 6 rings (SSSR count). The molecule has 180 valence electrons. The number of ether oxygens (including phenoxy) is 1. The number of rotatable bonds is 3. The molecule has 3 aromatic heterocycles. The summed E-state index contributed by atoms with van der Waals surface area (Å²) in [5, 5.41) is 5.58. The van der Waals surface area contributed by atoms with Gasteiger partial charge in [-0.05, 0) is 26.7 Å². The molecule has 1 atom stereocenters. The van der Waals surface area contributed by atoms with Gasteiger partial charge in [-0.15, -0.1) is 0 Å². The molecular formula is C22H25F3N8O. The quantitative estimate of drug-likeness (QED) is 0.573. The van der Waals surface area contributed by atoms with Crippen molar-refractivity contribution in [2.24, 2.45) is 5.41 Å². The standard InChI is InChI=1S/C22H25F3N8O/c1-13-16-8-26-20(29-19(16)33(30-13)15-9-34-10-15)32-6-4-21(12-32)3-5-31(11-21)18-7-17(22(23,24)25)27-14(2)28-18/h7-8,15H,3-6,9-12H2,1-2H3/t21-/m0/s1. The van der Waals surface area contributed by atoms with Crippen LogP contribution in [0.2, 0.25) is 0 Å². The van der Waals surface area contributed by atoms with Crippen LogP contribution in [0.1, 0.15) is 36.1 Å². The van der Waals surface area contributed by atoms with E-state index < -0.39 is 11.9 Å². The average molecular weight is 474 g/mol. The second-order valence-corrected chi connectivity index (χ2v) is 9.63. The normalized spacial score (nSPS) is 23.4. The molecule has 3 aromatic rings. The number of nitrogens with zero attached hydrogens (tertiary/aromatic N) is 8. The molecule has 6 heterocycles. The van der Waals surface area contributed by atoms with Gasteiger partial charge in [0.05, 0.1) is 24.3 Å². The second kappa shape index (κ2) is 7.49. The van der Waals surface area contributed by atoms with Crippen molar-refractivity contribution < 1.29 is 17.9 Å². The van der Waals surface area contributed by atoms with Gasteiger partial charge in [0.15, 0.2) is 5.65 Å². The highest BCUT2D eigenvalue weighted by Gasteiger charge is 2.45. The van der Waals surface area contributed by atoms with Crippen LogP contribution in [-0.2, 0) is 10.9 Å². The molecule has 0 unspecified atom stereocenters. The summed E-state index contributed by atoms with van der Waals surface area (Å²) in [5.74, 6) is 1.14. The maximum absolute atomic E-state index is 13.2. The van der Waals surface area contributed by atoms with Crippen molar-refractivity contribution in [1.29, 1.82) is 0 Å². The van der Waals surface area contributed by atoms with Crippen molar-refractivity contribution >= 4 is 22.8 Å². The molecule has 0 N–H and O–H groups in total. The van der Waals surface area contributed by atoms with Crippen LogP contribution in [0.15, 0.2) is 12.3 Å². The van der Waals surface area contributed by atoms with Gasteiger partial charge in [0.2, 0.25) is 5.95 Å². The van der Waals surface area contributed by atoms with Gasteiger partial charge < -0.3 is 14.5 Å². The van der Waals surface area contributed by atoms with Crippen LogP contribution in [0.25, 0.3) is 11.0 Å². The SMILES string of the molecule is Cc1nc(N2CC[C@]3(CCN(c4ncc5c(C)nn(C6COC6)c5n4)C3)C2)cc(C(F)(F)F)n1. The van der Waals surface area contributed by atoms with Crippen LogP contribution in [0.4, 0.5) is 24.9 Å². The largest absolute Gasteiger partial charge is 0.433 e. The monoisotopic (exact) mass is 474 g/mol. The molecule has 3 aliphatic heterocycles. The summed E-state index contributed by atoms with van der Waals surface area (Å²) < 4.78 is 47.0. The minimum atomic E-state index is -4.49. The fraction of sp³-hybridized carbons (Fsp3) is 0.591. The lowest BCUT2D eigenvalue weighted by Crippen LogP contribution is -2.32. The van der Waals surface area contributed by atoms with Gasteiger partial charge in [-0.2, -0.15) is 23.3 Å². The van der Waals surface area contributed by atoms with E-state index in [0.717, 1.165) is 48.7 Å². The number of alkyl halides is 3. The molecule has 1 spiro atoms. The maximum atomic E-state index is 13.2. The number of anilines is 2. The van der Waals surface area contributed by atoms with Gasteiger partial charge >= 0.3 is 6.18 Å². The smallest absolute Gasteiger partial charge is 0.377 e. The first-order valence-electron chi connectivity index (χ1n) is 11.4. The van der Waals surface area contributed by atoms with E-state index in [9.17, 15) is 13.2 Å². The molecule has 0 aromatic carbocycles. The first kappa shape index (κ1) is 21.5. The van der Waals surface area contributed by atoms with Gasteiger partial charge in [-0.25, -0.2) is 19.6 Å². The Labute approximate surface area is 194 Å². The third kappa shape index (κ3) is 3.55. The average Bonchev–Trinajstić information content (AvgIpc) is 3.45. The summed E-state index contributed by atoms with van der Waals surface area (Å²) in [5.41, 5.74) is 0.791. The van der Waals surface area contributed by atoms with Crippen molar-refractivity contribution in [3.63, 3.8) is 0 Å². The second-order valence-electron chi connectivity index (χ2n) is 9.63. The van der Waals surface area contributed by atoms with Gasteiger partial charge in [-0.3, -0.25) is 0 Å². The Kier molecular flexibility index (Phi) is 4.74. The molecule has 0 saturated carbocycles. The number of fused-ring (bicyclic) bond motifs is 1. The lowest BCUT2D eigenvalue weighted by Gasteiger charge is -2.27. The zero-order valence-electron chi connectivity index (χ0n) is 19.0. The highest BCUT2D eigenvalue weighted by molar-refractivity contribution is 5.78.